The maximum absolute atomic E-state index is 12.6. The Bertz CT molecular complexity index is 927. The number of hydrogen-bond acceptors (Lipinski definition) is 6. The third kappa shape index (κ3) is 5.70. The first-order chi connectivity index (χ1) is 14.4. The number of esters is 1. The standard InChI is InChI=1S/C21H22ClN3O5/c22-16-5-3-15(4-6-16)9-10-23-20(26)14-30-21(27)18-13-17(25(28)29)7-8-19(18)24-11-1-2-12-24/h3-8,13H,1-2,9-12,14H2,(H,23,26). The molecule has 1 amide bonds. The Morgan fingerprint density at radius 3 is 2.50 bits per heavy atom. The van der Waals surface area contributed by atoms with Crippen LogP contribution in [0.3, 0.4) is 0 Å². The quantitative estimate of drug-likeness (QED) is 0.390. The average molecular weight is 432 g/mol. The number of anilines is 1. The SMILES string of the molecule is O=C(COC(=O)c1cc([N+](=O)[O-])ccc1N1CCCC1)NCCc1ccc(Cl)cc1. The van der Waals surface area contributed by atoms with Gasteiger partial charge in [-0.1, -0.05) is 23.7 Å². The first-order valence-electron chi connectivity index (χ1n) is 9.65. The van der Waals surface area contributed by atoms with Crippen molar-refractivity contribution in [2.45, 2.75) is 19.3 Å². The zero-order valence-electron chi connectivity index (χ0n) is 16.3. The highest BCUT2D eigenvalue weighted by Gasteiger charge is 2.24. The number of nitro groups is 1. The smallest absolute Gasteiger partial charge is 0.341 e. The van der Waals surface area contributed by atoms with Gasteiger partial charge in [-0.05, 0) is 43.0 Å². The second-order valence-corrected chi connectivity index (χ2v) is 7.39. The molecule has 1 aliphatic heterocycles. The second-order valence-electron chi connectivity index (χ2n) is 6.96. The van der Waals surface area contributed by atoms with Crippen molar-refractivity contribution in [3.05, 3.63) is 68.7 Å². The summed E-state index contributed by atoms with van der Waals surface area (Å²) in [4.78, 5) is 37.1. The summed E-state index contributed by atoms with van der Waals surface area (Å²) in [5, 5.41) is 14.4. The third-order valence-electron chi connectivity index (χ3n) is 4.84. The van der Waals surface area contributed by atoms with Crippen LogP contribution >= 0.6 is 11.6 Å². The van der Waals surface area contributed by atoms with Gasteiger partial charge in [0.25, 0.3) is 11.6 Å². The van der Waals surface area contributed by atoms with Crippen LogP contribution in [0.4, 0.5) is 11.4 Å². The van der Waals surface area contributed by atoms with Gasteiger partial charge in [-0.2, -0.15) is 0 Å². The van der Waals surface area contributed by atoms with E-state index in [1.807, 2.05) is 17.0 Å². The second kappa shape index (κ2) is 10.1. The monoisotopic (exact) mass is 431 g/mol. The molecule has 0 aliphatic carbocycles. The number of nitrogens with zero attached hydrogens (tertiary/aromatic N) is 2. The van der Waals surface area contributed by atoms with E-state index in [4.69, 9.17) is 16.3 Å². The molecule has 0 aromatic heterocycles. The number of nitrogens with one attached hydrogen (secondary N) is 1. The van der Waals surface area contributed by atoms with E-state index in [0.717, 1.165) is 31.5 Å². The number of carbonyl (C=O) groups excluding carboxylic acids is 2. The molecule has 158 valence electrons. The predicted octanol–water partition coefficient (Wildman–Crippen LogP) is 3.36. The van der Waals surface area contributed by atoms with Crippen molar-refractivity contribution >= 4 is 34.9 Å². The van der Waals surface area contributed by atoms with E-state index < -0.39 is 23.4 Å². The minimum atomic E-state index is -0.756. The van der Waals surface area contributed by atoms with E-state index >= 15 is 0 Å². The molecule has 0 unspecified atom stereocenters. The lowest BCUT2D eigenvalue weighted by molar-refractivity contribution is -0.384. The normalized spacial score (nSPS) is 13.2. The number of halogens is 1. The number of non-ortho nitro benzene ring substituents is 1. The van der Waals surface area contributed by atoms with Crippen molar-refractivity contribution in [2.75, 3.05) is 31.1 Å². The zero-order valence-corrected chi connectivity index (χ0v) is 17.1. The van der Waals surface area contributed by atoms with Gasteiger partial charge in [0.2, 0.25) is 0 Å². The summed E-state index contributed by atoms with van der Waals surface area (Å²) in [6.45, 7) is 1.46. The van der Waals surface area contributed by atoms with E-state index in [9.17, 15) is 19.7 Å². The Balaban J connectivity index is 1.56. The summed E-state index contributed by atoms with van der Waals surface area (Å²) in [5.74, 6) is -1.20. The molecular formula is C21H22ClN3O5. The van der Waals surface area contributed by atoms with Crippen molar-refractivity contribution in [1.82, 2.24) is 5.32 Å². The fourth-order valence-corrected chi connectivity index (χ4v) is 3.42. The van der Waals surface area contributed by atoms with Gasteiger partial charge in [-0.15, -0.1) is 0 Å². The molecule has 1 aliphatic rings. The van der Waals surface area contributed by atoms with Crippen LogP contribution in [0, 0.1) is 10.1 Å². The van der Waals surface area contributed by atoms with E-state index in [-0.39, 0.29) is 11.3 Å². The molecule has 0 bridgehead atoms. The molecule has 1 saturated heterocycles. The number of nitro benzene ring substituents is 1. The molecule has 8 nitrogen and oxygen atoms in total. The van der Waals surface area contributed by atoms with Crippen LogP contribution in [-0.2, 0) is 16.0 Å². The molecule has 1 heterocycles. The minimum Gasteiger partial charge on any atom is -0.452 e. The fourth-order valence-electron chi connectivity index (χ4n) is 3.29. The average Bonchev–Trinajstić information content (AvgIpc) is 3.27. The first-order valence-corrected chi connectivity index (χ1v) is 10.0. The van der Waals surface area contributed by atoms with E-state index in [2.05, 4.69) is 5.32 Å². The summed E-state index contributed by atoms with van der Waals surface area (Å²) in [5.41, 5.74) is 1.51. The van der Waals surface area contributed by atoms with Crippen molar-refractivity contribution in [3.8, 4) is 0 Å². The first kappa shape index (κ1) is 21.6. The lowest BCUT2D eigenvalue weighted by Crippen LogP contribution is -2.30. The molecule has 3 rings (SSSR count). The Labute approximate surface area is 178 Å². The summed E-state index contributed by atoms with van der Waals surface area (Å²) in [6.07, 6.45) is 2.59. The number of ether oxygens (including phenoxy) is 1. The van der Waals surface area contributed by atoms with Crippen LogP contribution in [0.2, 0.25) is 5.02 Å². The van der Waals surface area contributed by atoms with Crippen LogP contribution in [0.1, 0.15) is 28.8 Å². The number of carbonyl (C=O) groups is 2. The topological polar surface area (TPSA) is 102 Å². The van der Waals surface area contributed by atoms with Crippen LogP contribution < -0.4 is 10.2 Å². The van der Waals surface area contributed by atoms with Gasteiger partial charge < -0.3 is 15.0 Å². The molecular weight excluding hydrogens is 410 g/mol. The zero-order chi connectivity index (χ0) is 21.5. The van der Waals surface area contributed by atoms with Crippen LogP contribution in [-0.4, -0.2) is 43.0 Å². The number of benzene rings is 2. The maximum Gasteiger partial charge on any atom is 0.341 e. The molecule has 2 aromatic carbocycles. The van der Waals surface area contributed by atoms with Gasteiger partial charge in [0.1, 0.15) is 0 Å². The van der Waals surface area contributed by atoms with E-state index in [1.54, 1.807) is 18.2 Å². The van der Waals surface area contributed by atoms with Crippen molar-refractivity contribution in [1.29, 1.82) is 0 Å². The molecule has 1 N–H and O–H groups in total. The van der Waals surface area contributed by atoms with Crippen molar-refractivity contribution in [3.63, 3.8) is 0 Å². The van der Waals surface area contributed by atoms with Crippen molar-refractivity contribution in [2.24, 2.45) is 0 Å². The van der Waals surface area contributed by atoms with Gasteiger partial charge in [0.05, 0.1) is 16.2 Å². The molecule has 0 saturated carbocycles. The maximum atomic E-state index is 12.6. The fraction of sp³-hybridized carbons (Fsp3) is 0.333. The number of rotatable bonds is 8. The lowest BCUT2D eigenvalue weighted by Gasteiger charge is -2.20. The molecule has 0 radical (unpaired) electrons. The largest absolute Gasteiger partial charge is 0.452 e. The van der Waals surface area contributed by atoms with E-state index in [1.165, 1.54) is 12.1 Å². The highest BCUT2D eigenvalue weighted by Crippen LogP contribution is 2.29. The summed E-state index contributed by atoms with van der Waals surface area (Å²) in [7, 11) is 0. The molecule has 0 spiro atoms. The van der Waals surface area contributed by atoms with Crippen molar-refractivity contribution < 1.29 is 19.2 Å². The minimum absolute atomic E-state index is 0.0973. The molecule has 1 fully saturated rings. The van der Waals surface area contributed by atoms with Gasteiger partial charge in [-0.3, -0.25) is 14.9 Å². The Morgan fingerprint density at radius 2 is 1.83 bits per heavy atom. The number of amides is 1. The molecule has 0 atom stereocenters. The summed E-state index contributed by atoms with van der Waals surface area (Å²) in [6, 6.07) is 11.4. The molecule has 30 heavy (non-hydrogen) atoms. The third-order valence-corrected chi connectivity index (χ3v) is 5.09. The van der Waals surface area contributed by atoms with Gasteiger partial charge in [0, 0.05) is 36.8 Å². The van der Waals surface area contributed by atoms with E-state index in [0.29, 0.717) is 23.7 Å². The van der Waals surface area contributed by atoms with Crippen LogP contribution in [0.5, 0.6) is 0 Å². The Kier molecular flexibility index (Phi) is 7.24. The molecule has 9 heteroatoms. The number of hydrogen-bond donors (Lipinski definition) is 1. The Morgan fingerprint density at radius 1 is 1.13 bits per heavy atom. The highest BCUT2D eigenvalue weighted by atomic mass is 35.5. The van der Waals surface area contributed by atoms with Gasteiger partial charge >= 0.3 is 5.97 Å². The highest BCUT2D eigenvalue weighted by molar-refractivity contribution is 6.30. The Hall–Kier alpha value is -3.13. The van der Waals surface area contributed by atoms with Gasteiger partial charge in [-0.25, -0.2) is 4.79 Å². The molecule has 2 aromatic rings. The predicted molar refractivity (Wildman–Crippen MR) is 113 cm³/mol. The summed E-state index contributed by atoms with van der Waals surface area (Å²) >= 11 is 5.84. The van der Waals surface area contributed by atoms with Crippen LogP contribution in [0.25, 0.3) is 0 Å². The van der Waals surface area contributed by atoms with Gasteiger partial charge in [0.15, 0.2) is 6.61 Å². The lowest BCUT2D eigenvalue weighted by atomic mass is 10.1. The van der Waals surface area contributed by atoms with Crippen LogP contribution in [0.15, 0.2) is 42.5 Å². The summed E-state index contributed by atoms with van der Waals surface area (Å²) < 4.78 is 5.13.